The van der Waals surface area contributed by atoms with Crippen LogP contribution in [0.2, 0.25) is 0 Å². The molecule has 2 aliphatic rings. The number of imide groups is 2. The Morgan fingerprint density at radius 2 is 0.862 bits per heavy atom. The van der Waals surface area contributed by atoms with Crippen LogP contribution in [0.3, 0.4) is 0 Å². The molecule has 0 atom stereocenters. The van der Waals surface area contributed by atoms with Crippen LogP contribution in [0.25, 0.3) is 0 Å². The normalized spacial score (nSPS) is 15.2. The second-order valence-corrected chi connectivity index (χ2v) is 6.28. The molecule has 140 valence electrons. The molecule has 0 saturated heterocycles. The lowest BCUT2D eigenvalue weighted by molar-refractivity contribution is 0.0911. The van der Waals surface area contributed by atoms with Crippen molar-refractivity contribution >= 4 is 41.5 Å². The first-order valence-corrected chi connectivity index (χ1v) is 8.44. The van der Waals surface area contributed by atoms with Crippen molar-refractivity contribution in [3.05, 3.63) is 70.8 Å². The Kier molecular flexibility index (Phi) is 3.32. The number of anilines is 3. The molecule has 5 rings (SSSR count). The summed E-state index contributed by atoms with van der Waals surface area (Å²) in [7, 11) is 0. The molecule has 0 aliphatic carbocycles. The van der Waals surface area contributed by atoms with E-state index in [2.05, 4.69) is 15.0 Å². The number of carbonyl (C=O) groups is 4. The molecule has 3 aromatic rings. The van der Waals surface area contributed by atoms with Crippen LogP contribution < -0.4 is 15.5 Å². The zero-order valence-electron chi connectivity index (χ0n) is 14.6. The molecule has 0 fully saturated rings. The number of hydrogen-bond acceptors (Lipinski definition) is 8. The van der Waals surface area contributed by atoms with Crippen molar-refractivity contribution < 1.29 is 19.2 Å². The lowest BCUT2D eigenvalue weighted by Crippen LogP contribution is -2.35. The molecule has 2 aromatic carbocycles. The molecule has 0 radical (unpaired) electrons. The third-order valence-electron chi connectivity index (χ3n) is 4.62. The van der Waals surface area contributed by atoms with Crippen LogP contribution in [0.1, 0.15) is 41.4 Å². The summed E-state index contributed by atoms with van der Waals surface area (Å²) in [5.74, 6) is -3.62. The largest absolute Gasteiger partial charge is 0.368 e. The van der Waals surface area contributed by atoms with Crippen molar-refractivity contribution in [1.82, 2.24) is 15.0 Å². The van der Waals surface area contributed by atoms with Crippen LogP contribution in [0, 0.1) is 0 Å². The van der Waals surface area contributed by atoms with E-state index in [9.17, 15) is 19.2 Å². The number of rotatable bonds is 2. The minimum atomic E-state index is -0.635. The van der Waals surface area contributed by atoms with Gasteiger partial charge in [-0.15, -0.1) is 0 Å². The topological polar surface area (TPSA) is 139 Å². The quantitative estimate of drug-likeness (QED) is 0.645. The number of fused-ring (bicyclic) bond motifs is 2. The van der Waals surface area contributed by atoms with Crippen molar-refractivity contribution in [3.8, 4) is 0 Å². The number of aromatic nitrogens is 3. The van der Waals surface area contributed by atoms with Crippen LogP contribution in [0.15, 0.2) is 48.5 Å². The SMILES string of the molecule is Nc1nc(N2C(=O)c3ccccc3C2=O)nc(N2C(=O)c3ccccc3C2=O)n1. The highest BCUT2D eigenvalue weighted by atomic mass is 16.2. The Balaban J connectivity index is 1.60. The van der Waals surface area contributed by atoms with Gasteiger partial charge in [0.1, 0.15) is 0 Å². The fraction of sp³-hybridized carbons (Fsp3) is 0. The Morgan fingerprint density at radius 1 is 0.552 bits per heavy atom. The van der Waals surface area contributed by atoms with Gasteiger partial charge in [0, 0.05) is 0 Å². The van der Waals surface area contributed by atoms with E-state index in [1.165, 1.54) is 24.3 Å². The van der Waals surface area contributed by atoms with Gasteiger partial charge in [0.2, 0.25) is 17.8 Å². The van der Waals surface area contributed by atoms with Gasteiger partial charge in [-0.25, -0.2) is 9.80 Å². The first-order valence-electron chi connectivity index (χ1n) is 8.44. The predicted octanol–water partition coefficient (Wildman–Crippen LogP) is 1.06. The maximum Gasteiger partial charge on any atom is 0.268 e. The number of nitrogens with zero attached hydrogens (tertiary/aromatic N) is 5. The highest BCUT2D eigenvalue weighted by Crippen LogP contribution is 2.30. The van der Waals surface area contributed by atoms with Crippen molar-refractivity contribution in [3.63, 3.8) is 0 Å². The average Bonchev–Trinajstić information content (AvgIpc) is 3.13. The molecular weight excluding hydrogens is 376 g/mol. The summed E-state index contributed by atoms with van der Waals surface area (Å²) in [4.78, 5) is 63.9. The third-order valence-corrected chi connectivity index (χ3v) is 4.62. The molecule has 0 saturated carbocycles. The lowest BCUT2D eigenvalue weighted by Gasteiger charge is -2.16. The zero-order valence-corrected chi connectivity index (χ0v) is 14.6. The van der Waals surface area contributed by atoms with Crippen molar-refractivity contribution in [1.29, 1.82) is 0 Å². The van der Waals surface area contributed by atoms with Crippen LogP contribution in [0.5, 0.6) is 0 Å². The van der Waals surface area contributed by atoms with E-state index in [0.29, 0.717) is 0 Å². The summed E-state index contributed by atoms with van der Waals surface area (Å²) in [5.41, 5.74) is 6.50. The summed E-state index contributed by atoms with van der Waals surface area (Å²) in [6.07, 6.45) is 0. The van der Waals surface area contributed by atoms with E-state index >= 15 is 0 Å². The van der Waals surface area contributed by atoms with Gasteiger partial charge in [0.15, 0.2) is 0 Å². The average molecular weight is 386 g/mol. The van der Waals surface area contributed by atoms with Crippen LogP contribution in [0.4, 0.5) is 17.8 Å². The highest BCUT2D eigenvalue weighted by molar-refractivity contribution is 6.35. The van der Waals surface area contributed by atoms with Crippen LogP contribution >= 0.6 is 0 Å². The molecule has 4 amide bonds. The lowest BCUT2D eigenvalue weighted by atomic mass is 10.1. The maximum absolute atomic E-state index is 12.7. The van der Waals surface area contributed by atoms with Gasteiger partial charge >= 0.3 is 0 Å². The Labute approximate surface area is 162 Å². The van der Waals surface area contributed by atoms with Gasteiger partial charge in [-0.1, -0.05) is 24.3 Å². The molecule has 10 heteroatoms. The zero-order chi connectivity index (χ0) is 20.3. The van der Waals surface area contributed by atoms with Gasteiger partial charge in [0.05, 0.1) is 22.3 Å². The number of carbonyl (C=O) groups excluding carboxylic acids is 4. The van der Waals surface area contributed by atoms with Crippen molar-refractivity contribution in [2.75, 3.05) is 15.5 Å². The molecule has 2 aliphatic heterocycles. The number of nitrogens with two attached hydrogens (primary N) is 1. The number of nitrogen functional groups attached to an aromatic ring is 1. The molecule has 3 heterocycles. The highest BCUT2D eigenvalue weighted by Gasteiger charge is 2.41. The first-order chi connectivity index (χ1) is 14.0. The van der Waals surface area contributed by atoms with Crippen LogP contribution in [-0.2, 0) is 0 Å². The van der Waals surface area contributed by atoms with E-state index < -0.39 is 23.6 Å². The second kappa shape index (κ2) is 5.76. The molecule has 29 heavy (non-hydrogen) atoms. The summed E-state index contributed by atoms with van der Waals surface area (Å²) in [5, 5.41) is 0. The molecule has 0 bridgehead atoms. The smallest absolute Gasteiger partial charge is 0.268 e. The minimum Gasteiger partial charge on any atom is -0.368 e. The van der Waals surface area contributed by atoms with E-state index in [4.69, 9.17) is 5.73 Å². The summed E-state index contributed by atoms with van der Waals surface area (Å²) in [6.45, 7) is 0. The number of benzene rings is 2. The summed E-state index contributed by atoms with van der Waals surface area (Å²) < 4.78 is 0. The van der Waals surface area contributed by atoms with E-state index in [1.807, 2.05) is 0 Å². The molecular formula is C19H10N6O4. The standard InChI is InChI=1S/C19H10N6O4/c20-17-21-18(24-13(26)9-5-1-2-6-10(9)14(24)27)23-19(22-17)25-15(28)11-7-3-4-8-12(11)16(25)29/h1-8H,(H2,20,21,22,23). The van der Waals surface area contributed by atoms with Crippen molar-refractivity contribution in [2.24, 2.45) is 0 Å². The molecule has 10 nitrogen and oxygen atoms in total. The van der Waals surface area contributed by atoms with E-state index in [-0.39, 0.29) is 40.1 Å². The summed E-state index contributed by atoms with van der Waals surface area (Å²) >= 11 is 0. The number of amides is 4. The van der Waals surface area contributed by atoms with Gasteiger partial charge in [-0.05, 0) is 24.3 Å². The van der Waals surface area contributed by atoms with Gasteiger partial charge < -0.3 is 5.73 Å². The molecule has 2 N–H and O–H groups in total. The second-order valence-electron chi connectivity index (χ2n) is 6.28. The predicted molar refractivity (Wildman–Crippen MR) is 99.4 cm³/mol. The minimum absolute atomic E-state index is 0.193. The van der Waals surface area contributed by atoms with Gasteiger partial charge in [0.25, 0.3) is 23.6 Å². The van der Waals surface area contributed by atoms with Gasteiger partial charge in [-0.2, -0.15) is 15.0 Å². The molecule has 1 aromatic heterocycles. The number of hydrogen-bond donors (Lipinski definition) is 1. The van der Waals surface area contributed by atoms with Crippen molar-refractivity contribution in [2.45, 2.75) is 0 Å². The fourth-order valence-corrected chi connectivity index (χ4v) is 3.31. The Bertz CT molecular complexity index is 1110. The summed E-state index contributed by atoms with van der Waals surface area (Å²) in [6, 6.07) is 12.5. The van der Waals surface area contributed by atoms with E-state index in [0.717, 1.165) is 9.80 Å². The first kappa shape index (κ1) is 16.7. The molecule has 0 unspecified atom stereocenters. The maximum atomic E-state index is 12.7. The van der Waals surface area contributed by atoms with Gasteiger partial charge in [-0.3, -0.25) is 19.2 Å². The molecule has 0 spiro atoms. The Hall–Kier alpha value is -4.47. The van der Waals surface area contributed by atoms with E-state index in [1.54, 1.807) is 24.3 Å². The monoisotopic (exact) mass is 386 g/mol. The Morgan fingerprint density at radius 3 is 1.17 bits per heavy atom. The third kappa shape index (κ3) is 2.26. The van der Waals surface area contributed by atoms with Crippen LogP contribution in [-0.4, -0.2) is 38.6 Å². The fourth-order valence-electron chi connectivity index (χ4n) is 3.31.